The first-order chi connectivity index (χ1) is 11.9. The van der Waals surface area contributed by atoms with E-state index in [1.165, 1.54) is 18.3 Å². The first-order valence-electron chi connectivity index (χ1n) is 7.12. The molecule has 1 aromatic carbocycles. The van der Waals surface area contributed by atoms with Crippen LogP contribution in [0, 0.1) is 0 Å². The van der Waals surface area contributed by atoms with Gasteiger partial charge in [0.15, 0.2) is 5.82 Å². The minimum Gasteiger partial charge on any atom is -0.299 e. The fraction of sp³-hybridized carbons (Fsp3) is 0.125. The van der Waals surface area contributed by atoms with Crippen LogP contribution in [0.15, 0.2) is 43.4 Å². The number of halogens is 2. The second-order valence-electron chi connectivity index (χ2n) is 5.25. The van der Waals surface area contributed by atoms with Gasteiger partial charge in [0.1, 0.15) is 5.78 Å². The van der Waals surface area contributed by atoms with Crippen molar-refractivity contribution in [3.05, 3.63) is 48.9 Å². The summed E-state index contributed by atoms with van der Waals surface area (Å²) in [7, 11) is 0. The van der Waals surface area contributed by atoms with E-state index < -0.39 is 11.5 Å². The van der Waals surface area contributed by atoms with Gasteiger partial charge in [0.05, 0.1) is 22.2 Å². The minimum absolute atomic E-state index is 0.289. The number of nitrogens with zero attached hydrogens (tertiary/aromatic N) is 2. The zero-order valence-electron chi connectivity index (χ0n) is 12.9. The normalized spacial score (nSPS) is 10.8. The number of carbonyl (C=O) groups is 2. The smallest absolute Gasteiger partial charge is 0.280 e. The van der Waals surface area contributed by atoms with Crippen molar-refractivity contribution in [3.8, 4) is 10.7 Å². The molecule has 0 radical (unpaired) electrons. The molecule has 6 nitrogen and oxygen atoms in total. The molecule has 3 aromatic rings. The molecule has 0 atom stereocenters. The molecule has 0 aliphatic heterocycles. The standard InChI is InChI=1S/C16H11Br2N3O3S/c1-8(22)5-13(23)20-21-15(12-3-2-4-25-12)19-14-10(16(21)24)6-9(17)7-11(14)18/h2-4,6-7H,5H2,1H3,(H,20,23). The number of carbonyl (C=O) groups excluding carboxylic acids is 2. The zero-order chi connectivity index (χ0) is 18.1. The minimum atomic E-state index is -0.567. The predicted octanol–water partition coefficient (Wildman–Crippen LogP) is 3.70. The molecule has 1 amide bonds. The van der Waals surface area contributed by atoms with Crippen molar-refractivity contribution in [1.82, 2.24) is 9.66 Å². The van der Waals surface area contributed by atoms with E-state index in [0.29, 0.717) is 25.7 Å². The molecule has 0 bridgehead atoms. The Morgan fingerprint density at radius 3 is 2.72 bits per heavy atom. The molecule has 9 heteroatoms. The largest absolute Gasteiger partial charge is 0.299 e. The number of hydrogen-bond donors (Lipinski definition) is 1. The molecule has 0 saturated heterocycles. The molecule has 128 valence electrons. The van der Waals surface area contributed by atoms with E-state index in [1.54, 1.807) is 18.2 Å². The Kier molecular flexibility index (Phi) is 5.16. The summed E-state index contributed by atoms with van der Waals surface area (Å²) in [5.41, 5.74) is 2.56. The van der Waals surface area contributed by atoms with Gasteiger partial charge in [-0.1, -0.05) is 22.0 Å². The SMILES string of the molecule is CC(=O)CC(=O)Nn1c(-c2cccs2)nc2c(Br)cc(Br)cc2c1=O. The van der Waals surface area contributed by atoms with E-state index in [-0.39, 0.29) is 12.2 Å². The van der Waals surface area contributed by atoms with Gasteiger partial charge in [0.2, 0.25) is 5.91 Å². The Labute approximate surface area is 163 Å². The topological polar surface area (TPSA) is 81.1 Å². The van der Waals surface area contributed by atoms with Crippen molar-refractivity contribution >= 4 is 65.8 Å². The third-order valence-corrected chi connectivity index (χ3v) is 5.21. The van der Waals surface area contributed by atoms with Gasteiger partial charge >= 0.3 is 0 Å². The van der Waals surface area contributed by atoms with Gasteiger partial charge in [-0.25, -0.2) is 4.98 Å². The Bertz CT molecular complexity index is 1040. The maximum absolute atomic E-state index is 13.0. The first kappa shape index (κ1) is 18.0. The molecule has 1 N–H and O–H groups in total. The van der Waals surface area contributed by atoms with Gasteiger partial charge in [-0.2, -0.15) is 4.68 Å². The van der Waals surface area contributed by atoms with E-state index in [9.17, 15) is 14.4 Å². The van der Waals surface area contributed by atoms with Gasteiger partial charge < -0.3 is 0 Å². The van der Waals surface area contributed by atoms with Crippen LogP contribution in [0.5, 0.6) is 0 Å². The predicted molar refractivity (Wildman–Crippen MR) is 104 cm³/mol. The van der Waals surface area contributed by atoms with Crippen LogP contribution in [0.4, 0.5) is 0 Å². The van der Waals surface area contributed by atoms with Crippen LogP contribution in [0.3, 0.4) is 0 Å². The Balaban J connectivity index is 2.27. The van der Waals surface area contributed by atoms with Crippen molar-refractivity contribution < 1.29 is 9.59 Å². The van der Waals surface area contributed by atoms with Gasteiger partial charge in [-0.15, -0.1) is 11.3 Å². The number of amides is 1. The summed E-state index contributed by atoms with van der Waals surface area (Å²) in [4.78, 5) is 41.4. The lowest BCUT2D eigenvalue weighted by atomic mass is 10.2. The number of fused-ring (bicyclic) bond motifs is 1. The van der Waals surface area contributed by atoms with Crippen molar-refractivity contribution in [3.63, 3.8) is 0 Å². The number of benzene rings is 1. The van der Waals surface area contributed by atoms with E-state index in [2.05, 4.69) is 42.3 Å². The van der Waals surface area contributed by atoms with Crippen LogP contribution >= 0.6 is 43.2 Å². The fourth-order valence-electron chi connectivity index (χ4n) is 2.28. The second kappa shape index (κ2) is 7.19. The van der Waals surface area contributed by atoms with Crippen molar-refractivity contribution in [2.24, 2.45) is 0 Å². The van der Waals surface area contributed by atoms with E-state index in [0.717, 1.165) is 9.55 Å². The van der Waals surface area contributed by atoms with Gasteiger partial charge in [0.25, 0.3) is 5.56 Å². The monoisotopic (exact) mass is 483 g/mol. The molecule has 2 heterocycles. The van der Waals surface area contributed by atoms with E-state index in [4.69, 9.17) is 0 Å². The average molecular weight is 485 g/mol. The van der Waals surface area contributed by atoms with Gasteiger partial charge in [-0.05, 0) is 46.4 Å². The quantitative estimate of drug-likeness (QED) is 0.572. The molecule has 2 aromatic heterocycles. The van der Waals surface area contributed by atoms with Crippen molar-refractivity contribution in [2.75, 3.05) is 5.43 Å². The molecule has 3 rings (SSSR count). The summed E-state index contributed by atoms with van der Waals surface area (Å²) in [5.74, 6) is -0.544. The maximum Gasteiger partial charge on any atom is 0.280 e. The molecule has 0 unspecified atom stereocenters. The first-order valence-corrected chi connectivity index (χ1v) is 9.58. The van der Waals surface area contributed by atoms with Crippen LogP contribution < -0.4 is 11.0 Å². The molecular weight excluding hydrogens is 474 g/mol. The Morgan fingerprint density at radius 2 is 2.08 bits per heavy atom. The molecule has 0 aliphatic carbocycles. The summed E-state index contributed by atoms with van der Waals surface area (Å²) in [6.45, 7) is 1.31. The summed E-state index contributed by atoms with van der Waals surface area (Å²) in [6, 6.07) is 7.07. The molecule has 25 heavy (non-hydrogen) atoms. The summed E-state index contributed by atoms with van der Waals surface area (Å²) in [5, 5.41) is 2.19. The molecule has 0 fully saturated rings. The van der Waals surface area contributed by atoms with Crippen LogP contribution in [0.2, 0.25) is 0 Å². The average Bonchev–Trinajstić information content (AvgIpc) is 3.04. The highest BCUT2D eigenvalue weighted by Gasteiger charge is 2.18. The second-order valence-corrected chi connectivity index (χ2v) is 7.97. The summed E-state index contributed by atoms with van der Waals surface area (Å²) >= 11 is 8.16. The van der Waals surface area contributed by atoms with Crippen molar-refractivity contribution in [2.45, 2.75) is 13.3 Å². The van der Waals surface area contributed by atoms with Crippen LogP contribution in [0.25, 0.3) is 21.6 Å². The van der Waals surface area contributed by atoms with Crippen LogP contribution in [0.1, 0.15) is 13.3 Å². The Morgan fingerprint density at radius 1 is 1.32 bits per heavy atom. The van der Waals surface area contributed by atoms with Crippen LogP contribution in [-0.2, 0) is 9.59 Å². The lowest BCUT2D eigenvalue weighted by Crippen LogP contribution is -2.35. The third-order valence-electron chi connectivity index (χ3n) is 3.28. The van der Waals surface area contributed by atoms with Gasteiger partial charge in [0, 0.05) is 8.95 Å². The molecule has 0 aliphatic rings. The van der Waals surface area contributed by atoms with Crippen LogP contribution in [-0.4, -0.2) is 21.4 Å². The highest BCUT2D eigenvalue weighted by molar-refractivity contribution is 9.11. The highest BCUT2D eigenvalue weighted by atomic mass is 79.9. The number of rotatable bonds is 4. The molecular formula is C16H11Br2N3O3S. The zero-order valence-corrected chi connectivity index (χ0v) is 16.9. The molecule has 0 saturated carbocycles. The third kappa shape index (κ3) is 3.73. The number of thiophene rings is 1. The fourth-order valence-corrected chi connectivity index (χ4v) is 4.30. The van der Waals surface area contributed by atoms with Gasteiger partial charge in [-0.3, -0.25) is 19.8 Å². The maximum atomic E-state index is 13.0. The summed E-state index contributed by atoms with van der Waals surface area (Å²) < 4.78 is 2.46. The molecule has 0 spiro atoms. The number of Topliss-reactive ketones (excluding diaryl/α,β-unsaturated/α-hetero) is 1. The number of hydrogen-bond acceptors (Lipinski definition) is 5. The van der Waals surface area contributed by atoms with E-state index >= 15 is 0 Å². The number of ketones is 1. The lowest BCUT2D eigenvalue weighted by Gasteiger charge is -2.14. The van der Waals surface area contributed by atoms with Crippen molar-refractivity contribution in [1.29, 1.82) is 0 Å². The Hall–Kier alpha value is -1.84. The number of aromatic nitrogens is 2. The summed E-state index contributed by atoms with van der Waals surface area (Å²) in [6.07, 6.45) is -0.309. The lowest BCUT2D eigenvalue weighted by molar-refractivity contribution is -0.124. The highest BCUT2D eigenvalue weighted by Crippen LogP contribution is 2.28. The van der Waals surface area contributed by atoms with E-state index in [1.807, 2.05) is 11.4 Å². The number of nitrogens with one attached hydrogen (secondary N) is 1.